The highest BCUT2D eigenvalue weighted by Gasteiger charge is 2.57. The number of alkyl halides is 3. The van der Waals surface area contributed by atoms with E-state index < -0.39 is 35.4 Å². The number of carbonyl (C=O) groups is 2. The smallest absolute Gasteiger partial charge is 0.444 e. The molecule has 1 saturated carbocycles. The van der Waals surface area contributed by atoms with Gasteiger partial charge in [0.05, 0.1) is 13.1 Å². The molecule has 3 atom stereocenters. The molecule has 1 spiro atoms. The fraction of sp³-hybridized carbons (Fsp3) is 0.895. The molecule has 0 aromatic carbocycles. The molecule has 1 unspecified atom stereocenters. The van der Waals surface area contributed by atoms with Crippen LogP contribution in [0.3, 0.4) is 0 Å². The van der Waals surface area contributed by atoms with Crippen LogP contribution < -0.4 is 0 Å². The second kappa shape index (κ2) is 7.07. The van der Waals surface area contributed by atoms with Crippen molar-refractivity contribution in [2.45, 2.75) is 82.8 Å². The van der Waals surface area contributed by atoms with E-state index in [9.17, 15) is 22.8 Å². The van der Waals surface area contributed by atoms with E-state index in [1.807, 2.05) is 6.92 Å². The zero-order valence-corrected chi connectivity index (χ0v) is 16.8. The predicted octanol–water partition coefficient (Wildman–Crippen LogP) is 3.34. The molecule has 28 heavy (non-hydrogen) atoms. The van der Waals surface area contributed by atoms with Gasteiger partial charge in [0, 0.05) is 25.1 Å². The largest absolute Gasteiger partial charge is 0.471 e. The number of carbonyl (C=O) groups excluding carboxylic acids is 2. The van der Waals surface area contributed by atoms with Crippen LogP contribution in [0.2, 0.25) is 0 Å². The first-order valence-electron chi connectivity index (χ1n) is 9.86. The third-order valence-corrected chi connectivity index (χ3v) is 5.71. The van der Waals surface area contributed by atoms with E-state index in [4.69, 9.17) is 9.47 Å². The highest BCUT2D eigenvalue weighted by atomic mass is 19.4. The molecule has 3 fully saturated rings. The van der Waals surface area contributed by atoms with Crippen LogP contribution in [0, 0.1) is 5.92 Å². The minimum atomic E-state index is -4.88. The Labute approximate surface area is 163 Å². The number of halogens is 3. The minimum Gasteiger partial charge on any atom is -0.444 e. The summed E-state index contributed by atoms with van der Waals surface area (Å²) < 4.78 is 50.8. The molecule has 2 saturated heterocycles. The zero-order valence-electron chi connectivity index (χ0n) is 16.8. The van der Waals surface area contributed by atoms with E-state index >= 15 is 0 Å². The van der Waals surface area contributed by atoms with Crippen LogP contribution in [0.4, 0.5) is 18.0 Å². The summed E-state index contributed by atoms with van der Waals surface area (Å²) in [5.41, 5.74) is -1.31. The van der Waals surface area contributed by atoms with Crippen LogP contribution in [0.25, 0.3) is 0 Å². The van der Waals surface area contributed by atoms with Crippen LogP contribution in [0.15, 0.2) is 0 Å². The molecule has 0 aromatic heterocycles. The summed E-state index contributed by atoms with van der Waals surface area (Å²) in [6.07, 6.45) is -3.28. The van der Waals surface area contributed by atoms with Gasteiger partial charge in [0.2, 0.25) is 0 Å². The zero-order chi connectivity index (χ0) is 20.9. The quantitative estimate of drug-likeness (QED) is 0.721. The van der Waals surface area contributed by atoms with Crippen LogP contribution in [0.5, 0.6) is 0 Å². The number of hydrogen-bond donors (Lipinski definition) is 0. The topological polar surface area (TPSA) is 59.1 Å². The molecule has 2 heterocycles. The summed E-state index contributed by atoms with van der Waals surface area (Å²) in [5.74, 6) is -1.62. The van der Waals surface area contributed by atoms with Crippen molar-refractivity contribution < 1.29 is 32.2 Å². The number of likely N-dealkylation sites (tertiary alicyclic amines) is 1. The monoisotopic (exact) mass is 406 g/mol. The number of ether oxygens (including phenoxy) is 2. The van der Waals surface area contributed by atoms with E-state index in [0.717, 1.165) is 11.3 Å². The van der Waals surface area contributed by atoms with Gasteiger partial charge in [-0.15, -0.1) is 0 Å². The standard InChI is InChI=1S/C19H29F3N2O4/c1-5-12-8-14(12)24(15(25)19(20,21)22)13-6-7-27-18(9-13)10-23(11-18)16(26)28-17(2,3)4/h12-14H,5-11H2,1-4H3/t12-,13?,14-/m1/s1. The molecular formula is C19H29F3N2O4. The van der Waals surface area contributed by atoms with Gasteiger partial charge in [-0.05, 0) is 39.5 Å². The molecule has 0 radical (unpaired) electrons. The highest BCUT2D eigenvalue weighted by molar-refractivity contribution is 5.83. The van der Waals surface area contributed by atoms with Gasteiger partial charge in [0.1, 0.15) is 11.2 Å². The van der Waals surface area contributed by atoms with Gasteiger partial charge >= 0.3 is 18.2 Å². The lowest BCUT2D eigenvalue weighted by Gasteiger charge is -2.54. The maximum Gasteiger partial charge on any atom is 0.471 e. The second-order valence-corrected chi connectivity index (χ2v) is 9.20. The van der Waals surface area contributed by atoms with Crippen molar-refractivity contribution in [3.05, 3.63) is 0 Å². The molecule has 1 aliphatic carbocycles. The van der Waals surface area contributed by atoms with Gasteiger partial charge in [-0.2, -0.15) is 13.2 Å². The molecule has 0 N–H and O–H groups in total. The predicted molar refractivity (Wildman–Crippen MR) is 94.6 cm³/mol. The lowest BCUT2D eigenvalue weighted by Crippen LogP contribution is -2.69. The average molecular weight is 406 g/mol. The summed E-state index contributed by atoms with van der Waals surface area (Å²) in [4.78, 5) is 26.8. The number of hydrogen-bond acceptors (Lipinski definition) is 4. The number of rotatable bonds is 3. The van der Waals surface area contributed by atoms with Crippen molar-refractivity contribution >= 4 is 12.0 Å². The van der Waals surface area contributed by atoms with E-state index in [2.05, 4.69) is 0 Å². The van der Waals surface area contributed by atoms with Gasteiger partial charge in [-0.3, -0.25) is 4.79 Å². The average Bonchev–Trinajstić information content (AvgIpc) is 3.29. The fourth-order valence-electron chi connectivity index (χ4n) is 4.31. The van der Waals surface area contributed by atoms with E-state index in [1.165, 1.54) is 4.90 Å². The van der Waals surface area contributed by atoms with Crippen molar-refractivity contribution in [3.8, 4) is 0 Å². The van der Waals surface area contributed by atoms with Crippen molar-refractivity contribution in [1.82, 2.24) is 9.80 Å². The Kier molecular flexibility index (Phi) is 5.36. The molecule has 2 aliphatic heterocycles. The minimum absolute atomic E-state index is 0.129. The molecule has 0 aromatic rings. The second-order valence-electron chi connectivity index (χ2n) is 9.20. The third-order valence-electron chi connectivity index (χ3n) is 5.71. The fourth-order valence-corrected chi connectivity index (χ4v) is 4.31. The van der Waals surface area contributed by atoms with E-state index in [1.54, 1.807) is 20.8 Å². The molecule has 2 amide bonds. The normalized spacial score (nSPS) is 29.2. The van der Waals surface area contributed by atoms with Gasteiger partial charge in [-0.25, -0.2) is 4.79 Å². The summed E-state index contributed by atoms with van der Waals surface area (Å²) in [6.45, 7) is 8.06. The Morgan fingerprint density at radius 1 is 1.25 bits per heavy atom. The first kappa shape index (κ1) is 21.2. The van der Waals surface area contributed by atoms with Crippen molar-refractivity contribution in [1.29, 1.82) is 0 Å². The Bertz CT molecular complexity index is 626. The third kappa shape index (κ3) is 4.39. The van der Waals surface area contributed by atoms with Crippen molar-refractivity contribution in [3.63, 3.8) is 0 Å². The van der Waals surface area contributed by atoms with Gasteiger partial charge in [-0.1, -0.05) is 13.3 Å². The molecule has 6 nitrogen and oxygen atoms in total. The highest BCUT2D eigenvalue weighted by Crippen LogP contribution is 2.45. The summed E-state index contributed by atoms with van der Waals surface area (Å²) in [7, 11) is 0. The first-order chi connectivity index (χ1) is 12.9. The van der Waals surface area contributed by atoms with Gasteiger partial charge in [0.25, 0.3) is 0 Å². The molecule has 9 heteroatoms. The molecule has 160 valence electrons. The summed E-state index contributed by atoms with van der Waals surface area (Å²) in [5, 5.41) is 0. The van der Waals surface area contributed by atoms with Gasteiger partial charge < -0.3 is 19.3 Å². The van der Waals surface area contributed by atoms with Crippen LogP contribution in [0.1, 0.15) is 53.4 Å². The number of amides is 2. The summed E-state index contributed by atoms with van der Waals surface area (Å²) in [6, 6.07) is -0.869. The maximum absolute atomic E-state index is 13.2. The molecular weight excluding hydrogens is 377 g/mol. The molecule has 3 aliphatic rings. The Morgan fingerprint density at radius 3 is 2.39 bits per heavy atom. The SMILES string of the molecule is CC[C@@H]1C[C@H]1N(C(=O)C(F)(F)F)C1CCOC2(C1)CN(C(=O)OC(C)(C)C)C2. The maximum atomic E-state index is 13.2. The lowest BCUT2D eigenvalue weighted by molar-refractivity contribution is -0.202. The molecule has 3 rings (SSSR count). The van der Waals surface area contributed by atoms with Crippen molar-refractivity contribution in [2.75, 3.05) is 19.7 Å². The van der Waals surface area contributed by atoms with Crippen LogP contribution in [-0.2, 0) is 14.3 Å². The summed E-state index contributed by atoms with van der Waals surface area (Å²) >= 11 is 0. The van der Waals surface area contributed by atoms with Crippen molar-refractivity contribution in [2.24, 2.45) is 5.92 Å². The Hall–Kier alpha value is -1.51. The Morgan fingerprint density at radius 2 is 1.89 bits per heavy atom. The van der Waals surface area contributed by atoms with Crippen LogP contribution >= 0.6 is 0 Å². The van der Waals surface area contributed by atoms with Gasteiger partial charge in [0.15, 0.2) is 0 Å². The Balaban J connectivity index is 1.67. The lowest BCUT2D eigenvalue weighted by atomic mass is 9.83. The first-order valence-corrected chi connectivity index (χ1v) is 9.86. The van der Waals surface area contributed by atoms with Crippen LogP contribution in [-0.4, -0.2) is 71.0 Å². The van der Waals surface area contributed by atoms with E-state index in [-0.39, 0.29) is 31.7 Å². The molecule has 0 bridgehead atoms. The van der Waals surface area contributed by atoms with E-state index in [0.29, 0.717) is 19.3 Å². The number of nitrogens with zero attached hydrogens (tertiary/aromatic N) is 2.